The van der Waals surface area contributed by atoms with Gasteiger partial charge in [-0.3, -0.25) is 9.59 Å². The van der Waals surface area contributed by atoms with E-state index in [1.54, 1.807) is 0 Å². The Morgan fingerprint density at radius 2 is 1.29 bits per heavy atom. The third-order valence-electron chi connectivity index (χ3n) is 5.68. The Hall–Kier alpha value is -3.06. The number of hydrogen-bond acceptors (Lipinski definition) is 4. The second-order valence-corrected chi connectivity index (χ2v) is 8.28. The number of aliphatic carboxylic acids is 2. The van der Waals surface area contributed by atoms with Crippen LogP contribution in [-0.4, -0.2) is 42.1 Å². The Morgan fingerprint density at radius 3 is 1.92 bits per heavy atom. The van der Waals surface area contributed by atoms with Crippen molar-refractivity contribution in [2.75, 3.05) is 0 Å². The number of aromatic nitrogens is 4. The predicted molar refractivity (Wildman–Crippen MR) is 131 cm³/mol. The van der Waals surface area contributed by atoms with Crippen LogP contribution in [-0.2, 0) is 33.4 Å². The van der Waals surface area contributed by atoms with Gasteiger partial charge in [-0.05, 0) is 84.7 Å². The number of allylic oxidation sites excluding steroid dienone is 1. The van der Waals surface area contributed by atoms with Gasteiger partial charge in [-0.15, -0.1) is 0 Å². The monoisotopic (exact) mass is 611 g/mol. The molecule has 0 fully saturated rings. The summed E-state index contributed by atoms with van der Waals surface area (Å²) in [6.07, 6.45) is 6.46. The Kier molecular flexibility index (Phi) is 12.3. The number of fused-ring (bicyclic) bond motifs is 8. The van der Waals surface area contributed by atoms with Gasteiger partial charge >= 0.3 is 29.3 Å². The topological polar surface area (TPSA) is 132 Å². The molecule has 5 rings (SSSR count). The molecular weight excluding hydrogens is 591 g/mol. The number of halogens is 3. The maximum Gasteiger partial charge on any atom is 3.00 e. The molecule has 0 unspecified atom stereocenters. The van der Waals surface area contributed by atoms with Gasteiger partial charge in [0.1, 0.15) is 0 Å². The summed E-state index contributed by atoms with van der Waals surface area (Å²) in [5.41, 5.74) is 7.98. The van der Waals surface area contributed by atoms with Crippen molar-refractivity contribution < 1.29 is 74.4 Å². The number of nitrogens with one attached hydrogen (secondary N) is 2. The van der Waals surface area contributed by atoms with Crippen molar-refractivity contribution >= 4 is 57.8 Å². The number of hydrogen-bond donors (Lipinski definition) is 4. The van der Waals surface area contributed by atoms with E-state index < -0.39 is 11.9 Å². The van der Waals surface area contributed by atoms with Crippen molar-refractivity contribution in [1.82, 2.24) is 19.9 Å². The zero-order valence-electron chi connectivity index (χ0n) is 19.7. The molecule has 0 atom stereocenters. The standard InChI is InChI=1S/C26H22N4O4.3ClH.Cr/c31-25(32)7-1-15-9-21-12-19-5-3-17(27-19)11-18-4-6-20(28-18)13-22-10-16(2-8-26(33)34)24(30-22)14-23(15)29-21;;;;/h3-6,9-14,27,30H,1-2,7-8H2,(H,31,32)(H,33,34);3*1H;/q;;;;+3/p-3. The maximum absolute atomic E-state index is 11.2. The van der Waals surface area contributed by atoms with E-state index in [2.05, 4.69) is 15.0 Å². The third-order valence-corrected chi connectivity index (χ3v) is 5.68. The average molecular weight is 613 g/mol. The van der Waals surface area contributed by atoms with E-state index in [0.717, 1.165) is 44.6 Å². The molecule has 0 saturated heterocycles. The maximum atomic E-state index is 11.2. The van der Waals surface area contributed by atoms with E-state index in [0.29, 0.717) is 24.2 Å². The van der Waals surface area contributed by atoms with Crippen LogP contribution in [0.2, 0.25) is 0 Å². The molecule has 0 spiro atoms. The molecule has 0 aliphatic carbocycles. The van der Waals surface area contributed by atoms with Crippen LogP contribution in [0.1, 0.15) is 47.6 Å². The molecule has 8 nitrogen and oxygen atoms in total. The first kappa shape index (κ1) is 33.0. The fraction of sp³-hybridized carbons (Fsp3) is 0.154. The largest absolute Gasteiger partial charge is 3.00 e. The average Bonchev–Trinajstić information content (AvgIpc) is 3.55. The van der Waals surface area contributed by atoms with Crippen molar-refractivity contribution in [3.05, 3.63) is 70.8 Å². The van der Waals surface area contributed by atoms with Gasteiger partial charge < -0.3 is 57.4 Å². The number of rotatable bonds is 6. The first-order valence-electron chi connectivity index (χ1n) is 10.9. The first-order chi connectivity index (χ1) is 16.4. The minimum absolute atomic E-state index is 0. The summed E-state index contributed by atoms with van der Waals surface area (Å²) >= 11 is 0. The number of carboxylic acid groups (broad SMARTS) is 2. The van der Waals surface area contributed by atoms with Crippen LogP contribution in [0, 0.1) is 0 Å². The molecule has 0 saturated carbocycles. The molecule has 0 amide bonds. The molecule has 1 radical (unpaired) electrons. The minimum atomic E-state index is -0.874. The second kappa shape index (κ2) is 14.2. The summed E-state index contributed by atoms with van der Waals surface area (Å²) in [6, 6.07) is 13.5. The molecule has 197 valence electrons. The summed E-state index contributed by atoms with van der Waals surface area (Å²) in [6.45, 7) is 0. The molecule has 12 heteroatoms. The molecule has 0 aromatic carbocycles. The summed E-state index contributed by atoms with van der Waals surface area (Å²) in [5.74, 6) is -1.74. The normalized spacial score (nSPS) is 11.2. The number of aryl methyl sites for hydroxylation is 1. The number of nitrogens with zero attached hydrogens (tertiary/aromatic N) is 2. The van der Waals surface area contributed by atoms with Crippen LogP contribution in [0.4, 0.5) is 0 Å². The van der Waals surface area contributed by atoms with Crippen LogP contribution >= 0.6 is 0 Å². The van der Waals surface area contributed by atoms with Crippen molar-refractivity contribution in [1.29, 1.82) is 0 Å². The Balaban J connectivity index is 0.00000180. The van der Waals surface area contributed by atoms with Gasteiger partial charge in [0.15, 0.2) is 0 Å². The molecular formula is C26H22Cl3CrN4O4. The fourth-order valence-corrected chi connectivity index (χ4v) is 4.10. The summed E-state index contributed by atoms with van der Waals surface area (Å²) < 4.78 is 0. The van der Waals surface area contributed by atoms with Crippen LogP contribution in [0.3, 0.4) is 0 Å². The van der Waals surface area contributed by atoms with Crippen LogP contribution in [0.25, 0.3) is 45.9 Å². The van der Waals surface area contributed by atoms with E-state index in [1.165, 1.54) is 0 Å². The van der Waals surface area contributed by atoms with Gasteiger partial charge in [-0.2, -0.15) is 0 Å². The molecule has 8 bridgehead atoms. The van der Waals surface area contributed by atoms with Crippen molar-refractivity contribution in [3.8, 4) is 0 Å². The smallest absolute Gasteiger partial charge is 1.00 e. The summed E-state index contributed by atoms with van der Waals surface area (Å²) in [4.78, 5) is 38.5. The van der Waals surface area contributed by atoms with Gasteiger partial charge in [0, 0.05) is 34.9 Å². The summed E-state index contributed by atoms with van der Waals surface area (Å²) in [7, 11) is 0. The Labute approximate surface area is 247 Å². The van der Waals surface area contributed by atoms with Crippen LogP contribution in [0.5, 0.6) is 0 Å². The third kappa shape index (κ3) is 7.97. The van der Waals surface area contributed by atoms with Crippen molar-refractivity contribution in [3.63, 3.8) is 0 Å². The zero-order chi connectivity index (χ0) is 23.7. The second-order valence-electron chi connectivity index (χ2n) is 8.28. The van der Waals surface area contributed by atoms with Gasteiger partial charge in [0.2, 0.25) is 0 Å². The van der Waals surface area contributed by atoms with Gasteiger partial charge in [-0.1, -0.05) is 0 Å². The number of H-pyrrole nitrogens is 2. The summed E-state index contributed by atoms with van der Waals surface area (Å²) in [5, 5.41) is 18.4. The predicted octanol–water partition coefficient (Wildman–Crippen LogP) is -4.08. The molecule has 2 aliphatic rings. The number of aromatic amines is 2. The first-order valence-corrected chi connectivity index (χ1v) is 10.9. The molecule has 4 N–H and O–H groups in total. The SMILES string of the molecule is O=C(O)CCC1=Cc2cc3ccc(cc4nc(cc5cc(CCC(=O)O)c(cc1n2)[nH]5)C=C4)[nH]3.[Cl-].[Cl-].[Cl-].[Cr+3]. The molecule has 3 aromatic heterocycles. The number of carbonyl (C=O) groups is 2. The van der Waals surface area contributed by atoms with E-state index in [4.69, 9.17) is 4.98 Å². The minimum Gasteiger partial charge on any atom is -1.00 e. The zero-order valence-corrected chi connectivity index (χ0v) is 23.3. The van der Waals surface area contributed by atoms with Crippen LogP contribution < -0.4 is 37.2 Å². The Morgan fingerprint density at radius 1 is 0.711 bits per heavy atom. The van der Waals surface area contributed by atoms with E-state index in [1.807, 2.05) is 60.7 Å². The van der Waals surface area contributed by atoms with E-state index >= 15 is 0 Å². The Bertz CT molecular complexity index is 1550. The molecule has 38 heavy (non-hydrogen) atoms. The van der Waals surface area contributed by atoms with E-state index in [9.17, 15) is 19.8 Å². The van der Waals surface area contributed by atoms with Gasteiger partial charge in [-0.25, -0.2) is 9.97 Å². The number of carboxylic acids is 2. The van der Waals surface area contributed by atoms with Gasteiger partial charge in [0.25, 0.3) is 0 Å². The fourth-order valence-electron chi connectivity index (χ4n) is 4.10. The molecule has 3 aromatic rings. The van der Waals surface area contributed by atoms with Gasteiger partial charge in [0.05, 0.1) is 22.8 Å². The molecule has 2 aliphatic heterocycles. The van der Waals surface area contributed by atoms with E-state index in [-0.39, 0.29) is 67.4 Å². The van der Waals surface area contributed by atoms with Crippen molar-refractivity contribution in [2.24, 2.45) is 0 Å². The van der Waals surface area contributed by atoms with Crippen LogP contribution in [0.15, 0.2) is 42.5 Å². The molecule has 5 heterocycles. The quantitative estimate of drug-likeness (QED) is 0.175. The van der Waals surface area contributed by atoms with Crippen molar-refractivity contribution in [2.45, 2.75) is 25.7 Å².